The van der Waals surface area contributed by atoms with Gasteiger partial charge in [0.15, 0.2) is 0 Å². The normalized spacial score (nSPS) is 9.30. The van der Waals surface area contributed by atoms with Gasteiger partial charge >= 0.3 is 5.97 Å². The Hall–Kier alpha value is -0.570. The minimum atomic E-state index is -1.35. The number of hydrogen-bond acceptors (Lipinski definition) is 2. The third-order valence-electron chi connectivity index (χ3n) is 1.03. The molecule has 58 valence electrons. The lowest BCUT2D eigenvalue weighted by molar-refractivity contribution is -0.149. The molecule has 0 spiro atoms. The molecule has 0 aromatic rings. The summed E-state index contributed by atoms with van der Waals surface area (Å²) in [5.41, 5.74) is 0. The van der Waals surface area contributed by atoms with Crippen LogP contribution in [0.4, 0.5) is 0 Å². The van der Waals surface area contributed by atoms with E-state index in [9.17, 15) is 9.59 Å². The summed E-state index contributed by atoms with van der Waals surface area (Å²) in [7, 11) is 0. The third-order valence-corrected chi connectivity index (χ3v) is 1.29. The minimum Gasteiger partial charge on any atom is -0.476 e. The van der Waals surface area contributed by atoms with E-state index in [-0.39, 0.29) is 6.42 Å². The van der Waals surface area contributed by atoms with Crippen molar-refractivity contribution in [3.05, 3.63) is 0 Å². The van der Waals surface area contributed by atoms with Crippen molar-refractivity contribution in [2.45, 2.75) is 19.3 Å². The molecule has 0 atom stereocenters. The smallest absolute Gasteiger partial charge is 0.372 e. The van der Waals surface area contributed by atoms with Gasteiger partial charge in [0, 0.05) is 12.3 Å². The van der Waals surface area contributed by atoms with Crippen molar-refractivity contribution in [3.63, 3.8) is 0 Å². The van der Waals surface area contributed by atoms with Crippen LogP contribution in [0.15, 0.2) is 0 Å². The lowest BCUT2D eigenvalue weighted by Gasteiger charge is -1.91. The summed E-state index contributed by atoms with van der Waals surface area (Å²) >= 11 is 5.31. The maximum Gasteiger partial charge on any atom is 0.372 e. The molecular weight excluding hydrogens is 156 g/mol. The number of carbonyl (C=O) groups excluding carboxylic acids is 1. The van der Waals surface area contributed by atoms with Crippen molar-refractivity contribution in [2.75, 3.05) is 5.88 Å². The molecule has 10 heavy (non-hydrogen) atoms. The Morgan fingerprint density at radius 3 is 2.30 bits per heavy atom. The maximum atomic E-state index is 10.4. The molecule has 0 amide bonds. The van der Waals surface area contributed by atoms with Crippen molar-refractivity contribution in [2.24, 2.45) is 0 Å². The molecule has 0 aliphatic heterocycles. The summed E-state index contributed by atoms with van der Waals surface area (Å²) in [5, 5.41) is 8.10. The summed E-state index contributed by atoms with van der Waals surface area (Å²) in [5.74, 6) is -1.60. The molecule has 0 unspecified atom stereocenters. The highest BCUT2D eigenvalue weighted by molar-refractivity contribution is 6.32. The first-order valence-corrected chi connectivity index (χ1v) is 3.54. The predicted molar refractivity (Wildman–Crippen MR) is 37.2 cm³/mol. The van der Waals surface area contributed by atoms with E-state index >= 15 is 0 Å². The molecule has 0 heterocycles. The van der Waals surface area contributed by atoms with E-state index in [2.05, 4.69) is 0 Å². The number of halogens is 1. The van der Waals surface area contributed by atoms with Crippen molar-refractivity contribution < 1.29 is 14.7 Å². The highest BCUT2D eigenvalue weighted by Gasteiger charge is 2.09. The Balaban J connectivity index is 3.31. The van der Waals surface area contributed by atoms with E-state index in [4.69, 9.17) is 16.7 Å². The zero-order valence-corrected chi connectivity index (χ0v) is 6.23. The standard InChI is InChI=1S/C6H9ClO3/c7-4-2-1-3-5(8)6(9)10/h1-4H2,(H,9,10). The van der Waals surface area contributed by atoms with Gasteiger partial charge in [-0.1, -0.05) is 0 Å². The molecule has 0 fully saturated rings. The van der Waals surface area contributed by atoms with Gasteiger partial charge in [0.05, 0.1) is 0 Å². The number of ketones is 1. The highest BCUT2D eigenvalue weighted by atomic mass is 35.5. The molecule has 0 rings (SSSR count). The molecule has 0 saturated heterocycles. The monoisotopic (exact) mass is 164 g/mol. The highest BCUT2D eigenvalue weighted by Crippen LogP contribution is 1.97. The molecule has 0 aliphatic carbocycles. The Kier molecular flexibility index (Phi) is 4.94. The van der Waals surface area contributed by atoms with Crippen molar-refractivity contribution in [3.8, 4) is 0 Å². The lowest BCUT2D eigenvalue weighted by atomic mass is 10.2. The second-order valence-corrected chi connectivity index (χ2v) is 2.25. The number of alkyl halides is 1. The Labute approximate surface area is 64.0 Å². The number of hydrogen-bond donors (Lipinski definition) is 1. The van der Waals surface area contributed by atoms with Crippen LogP contribution >= 0.6 is 11.6 Å². The summed E-state index contributed by atoms with van der Waals surface area (Å²) in [6, 6.07) is 0. The van der Waals surface area contributed by atoms with E-state index < -0.39 is 11.8 Å². The molecule has 0 saturated carbocycles. The Morgan fingerprint density at radius 1 is 1.30 bits per heavy atom. The molecule has 1 N–H and O–H groups in total. The summed E-state index contributed by atoms with van der Waals surface area (Å²) in [6.45, 7) is 0. The molecular formula is C6H9ClO3. The van der Waals surface area contributed by atoms with Gasteiger partial charge in [-0.05, 0) is 12.8 Å². The second-order valence-electron chi connectivity index (χ2n) is 1.87. The molecule has 3 nitrogen and oxygen atoms in total. The predicted octanol–water partition coefficient (Wildman–Crippen LogP) is 1.05. The summed E-state index contributed by atoms with van der Waals surface area (Å²) in [6.07, 6.45) is 1.36. The number of Topliss-reactive ketones (excluding diaryl/α,β-unsaturated/α-hetero) is 1. The van der Waals surface area contributed by atoms with Crippen LogP contribution in [0.25, 0.3) is 0 Å². The van der Waals surface area contributed by atoms with E-state index in [0.29, 0.717) is 18.7 Å². The summed E-state index contributed by atoms with van der Waals surface area (Å²) < 4.78 is 0. The van der Waals surface area contributed by atoms with Gasteiger partial charge < -0.3 is 5.11 Å². The summed E-state index contributed by atoms with van der Waals surface area (Å²) in [4.78, 5) is 20.3. The van der Waals surface area contributed by atoms with Crippen LogP contribution < -0.4 is 0 Å². The minimum absolute atomic E-state index is 0.0993. The van der Waals surface area contributed by atoms with Crippen molar-refractivity contribution in [1.82, 2.24) is 0 Å². The van der Waals surface area contributed by atoms with Crippen LogP contribution in [0, 0.1) is 0 Å². The van der Waals surface area contributed by atoms with Crippen LogP contribution in [0.3, 0.4) is 0 Å². The quantitative estimate of drug-likeness (QED) is 0.376. The molecule has 0 radical (unpaired) electrons. The number of carboxylic acid groups (broad SMARTS) is 1. The van der Waals surface area contributed by atoms with Crippen LogP contribution in [0.5, 0.6) is 0 Å². The largest absolute Gasteiger partial charge is 0.476 e. The molecule has 4 heteroatoms. The van der Waals surface area contributed by atoms with Crippen LogP contribution in [0.2, 0.25) is 0 Å². The zero-order chi connectivity index (χ0) is 7.98. The number of carboxylic acids is 1. The number of rotatable bonds is 5. The number of carbonyl (C=O) groups is 2. The molecule has 0 bridgehead atoms. The van der Waals surface area contributed by atoms with E-state index in [1.165, 1.54) is 0 Å². The SMILES string of the molecule is O=C(O)C(=O)CCCCCl. The van der Waals surface area contributed by atoms with Crippen molar-refractivity contribution in [1.29, 1.82) is 0 Å². The first-order valence-electron chi connectivity index (χ1n) is 3.00. The van der Waals surface area contributed by atoms with E-state index in [0.717, 1.165) is 0 Å². The molecule has 0 aliphatic rings. The fourth-order valence-electron chi connectivity index (χ4n) is 0.487. The van der Waals surface area contributed by atoms with Gasteiger partial charge in [-0.3, -0.25) is 4.79 Å². The number of unbranched alkanes of at least 4 members (excludes halogenated alkanes) is 1. The first kappa shape index (κ1) is 9.43. The van der Waals surface area contributed by atoms with Gasteiger partial charge in [0.25, 0.3) is 0 Å². The van der Waals surface area contributed by atoms with Gasteiger partial charge in [-0.15, -0.1) is 11.6 Å². The van der Waals surface area contributed by atoms with Gasteiger partial charge in [-0.25, -0.2) is 4.79 Å². The average Bonchev–Trinajstić information content (AvgIpc) is 1.88. The fourth-order valence-corrected chi connectivity index (χ4v) is 0.676. The first-order chi connectivity index (χ1) is 4.68. The zero-order valence-electron chi connectivity index (χ0n) is 5.47. The maximum absolute atomic E-state index is 10.4. The second kappa shape index (κ2) is 5.23. The van der Waals surface area contributed by atoms with Gasteiger partial charge in [0.2, 0.25) is 5.78 Å². The van der Waals surface area contributed by atoms with Crippen molar-refractivity contribution >= 4 is 23.4 Å². The third kappa shape index (κ3) is 4.32. The van der Waals surface area contributed by atoms with E-state index in [1.807, 2.05) is 0 Å². The van der Waals surface area contributed by atoms with Gasteiger partial charge in [-0.2, -0.15) is 0 Å². The Bertz CT molecular complexity index is 133. The molecule has 0 aromatic heterocycles. The van der Waals surface area contributed by atoms with Crippen LogP contribution in [-0.2, 0) is 9.59 Å². The van der Waals surface area contributed by atoms with E-state index in [1.54, 1.807) is 0 Å². The number of aliphatic carboxylic acids is 1. The fraction of sp³-hybridized carbons (Fsp3) is 0.667. The Morgan fingerprint density at radius 2 is 1.90 bits per heavy atom. The van der Waals surface area contributed by atoms with Crippen LogP contribution in [0.1, 0.15) is 19.3 Å². The molecule has 0 aromatic carbocycles. The topological polar surface area (TPSA) is 54.4 Å². The van der Waals surface area contributed by atoms with Gasteiger partial charge in [0.1, 0.15) is 0 Å². The van der Waals surface area contributed by atoms with Crippen LogP contribution in [-0.4, -0.2) is 22.7 Å². The lowest BCUT2D eigenvalue weighted by Crippen LogP contribution is -2.11. The average molecular weight is 165 g/mol.